The number of hydrogen-bond acceptors (Lipinski definition) is 4. The summed E-state index contributed by atoms with van der Waals surface area (Å²) in [5, 5.41) is 0.956. The van der Waals surface area contributed by atoms with Crippen LogP contribution >= 0.6 is 34.8 Å². The molecule has 2 aromatic rings. The van der Waals surface area contributed by atoms with E-state index in [2.05, 4.69) is 9.72 Å². The van der Waals surface area contributed by atoms with Crippen LogP contribution in [-0.2, 0) is 4.74 Å². The van der Waals surface area contributed by atoms with E-state index in [1.807, 2.05) is 0 Å². The van der Waals surface area contributed by atoms with E-state index in [0.29, 0.717) is 21.3 Å². The first-order chi connectivity index (χ1) is 9.45. The highest BCUT2D eigenvalue weighted by molar-refractivity contribution is 6.46. The molecule has 0 fully saturated rings. The SMILES string of the molecule is COC(=O)c1cnc(-c2c(Cl)ccc(Cl)c2Cl)c(N)c1. The number of methoxy groups -OCH3 is 1. The highest BCUT2D eigenvalue weighted by Gasteiger charge is 2.17. The zero-order valence-corrected chi connectivity index (χ0v) is 12.6. The summed E-state index contributed by atoms with van der Waals surface area (Å²) in [6, 6.07) is 4.62. The average Bonchev–Trinajstić information content (AvgIpc) is 2.44. The van der Waals surface area contributed by atoms with Crippen molar-refractivity contribution in [1.29, 1.82) is 0 Å². The Bertz CT molecular complexity index is 690. The van der Waals surface area contributed by atoms with Crippen molar-refractivity contribution in [2.75, 3.05) is 12.8 Å². The Kier molecular flexibility index (Phi) is 4.38. The first-order valence-corrected chi connectivity index (χ1v) is 6.56. The van der Waals surface area contributed by atoms with E-state index in [1.165, 1.54) is 19.4 Å². The summed E-state index contributed by atoms with van der Waals surface area (Å²) in [7, 11) is 1.27. The molecule has 0 aliphatic heterocycles. The fraction of sp³-hybridized carbons (Fsp3) is 0.0769. The number of rotatable bonds is 2. The van der Waals surface area contributed by atoms with Gasteiger partial charge >= 0.3 is 5.97 Å². The second-order valence-corrected chi connectivity index (χ2v) is 5.06. The minimum atomic E-state index is -0.529. The molecule has 1 aromatic carbocycles. The summed E-state index contributed by atoms with van der Waals surface area (Å²) in [5.74, 6) is -0.529. The lowest BCUT2D eigenvalue weighted by atomic mass is 10.1. The molecule has 1 aromatic heterocycles. The van der Waals surface area contributed by atoms with E-state index < -0.39 is 5.97 Å². The monoisotopic (exact) mass is 330 g/mol. The van der Waals surface area contributed by atoms with E-state index in [-0.39, 0.29) is 16.3 Å². The predicted octanol–water partition coefficient (Wildman–Crippen LogP) is 4.08. The molecule has 0 unspecified atom stereocenters. The predicted molar refractivity (Wildman–Crippen MR) is 80.5 cm³/mol. The first-order valence-electron chi connectivity index (χ1n) is 5.43. The smallest absolute Gasteiger partial charge is 0.339 e. The van der Waals surface area contributed by atoms with Crippen LogP contribution in [0.3, 0.4) is 0 Å². The lowest BCUT2D eigenvalue weighted by Crippen LogP contribution is -2.04. The lowest BCUT2D eigenvalue weighted by Gasteiger charge is -2.11. The number of ether oxygens (including phenoxy) is 1. The van der Waals surface area contributed by atoms with Crippen molar-refractivity contribution in [3.05, 3.63) is 45.0 Å². The summed E-state index contributed by atoms with van der Waals surface area (Å²) >= 11 is 18.2. The Balaban J connectivity index is 2.60. The van der Waals surface area contributed by atoms with Gasteiger partial charge in [-0.2, -0.15) is 0 Å². The van der Waals surface area contributed by atoms with Crippen LogP contribution in [0.2, 0.25) is 15.1 Å². The lowest BCUT2D eigenvalue weighted by molar-refractivity contribution is 0.0600. The maximum absolute atomic E-state index is 11.4. The number of nitrogens with two attached hydrogens (primary N) is 1. The van der Waals surface area contributed by atoms with Crippen LogP contribution in [0.4, 0.5) is 5.69 Å². The molecule has 104 valence electrons. The third-order valence-electron chi connectivity index (χ3n) is 2.62. The molecule has 2 N–H and O–H groups in total. The normalized spacial score (nSPS) is 10.4. The summed E-state index contributed by atoms with van der Waals surface area (Å²) in [4.78, 5) is 15.5. The molecule has 0 bridgehead atoms. The zero-order chi connectivity index (χ0) is 14.9. The fourth-order valence-electron chi connectivity index (χ4n) is 1.66. The van der Waals surface area contributed by atoms with Gasteiger partial charge in [0.2, 0.25) is 0 Å². The van der Waals surface area contributed by atoms with Gasteiger partial charge in [0.25, 0.3) is 0 Å². The maximum Gasteiger partial charge on any atom is 0.339 e. The van der Waals surface area contributed by atoms with Gasteiger partial charge in [0.1, 0.15) is 0 Å². The van der Waals surface area contributed by atoms with Crippen molar-refractivity contribution in [3.63, 3.8) is 0 Å². The van der Waals surface area contributed by atoms with Crippen LogP contribution in [0.25, 0.3) is 11.3 Å². The number of benzene rings is 1. The van der Waals surface area contributed by atoms with Gasteiger partial charge in [0, 0.05) is 11.8 Å². The Morgan fingerprint density at radius 3 is 2.50 bits per heavy atom. The number of anilines is 1. The summed E-state index contributed by atoms with van der Waals surface area (Å²) < 4.78 is 4.60. The number of pyridine rings is 1. The number of aromatic nitrogens is 1. The van der Waals surface area contributed by atoms with Crippen molar-refractivity contribution in [2.24, 2.45) is 0 Å². The van der Waals surface area contributed by atoms with Crippen LogP contribution in [0.5, 0.6) is 0 Å². The number of hydrogen-bond donors (Lipinski definition) is 1. The number of carbonyl (C=O) groups excluding carboxylic acids is 1. The van der Waals surface area contributed by atoms with Gasteiger partial charge in [0.05, 0.1) is 39.1 Å². The largest absolute Gasteiger partial charge is 0.465 e. The number of carbonyl (C=O) groups is 1. The van der Waals surface area contributed by atoms with E-state index in [1.54, 1.807) is 12.1 Å². The molecule has 0 atom stereocenters. The summed E-state index contributed by atoms with van der Waals surface area (Å²) in [6.07, 6.45) is 1.34. The van der Waals surface area contributed by atoms with Crippen molar-refractivity contribution < 1.29 is 9.53 Å². The minimum absolute atomic E-state index is 0.239. The first kappa shape index (κ1) is 14.9. The zero-order valence-electron chi connectivity index (χ0n) is 10.3. The Morgan fingerprint density at radius 2 is 1.90 bits per heavy atom. The molecule has 4 nitrogen and oxygen atoms in total. The second kappa shape index (κ2) is 5.87. The van der Waals surface area contributed by atoms with E-state index >= 15 is 0 Å². The number of nitrogens with zero attached hydrogens (tertiary/aromatic N) is 1. The van der Waals surface area contributed by atoms with Crippen molar-refractivity contribution >= 4 is 46.5 Å². The molecule has 20 heavy (non-hydrogen) atoms. The van der Waals surface area contributed by atoms with Gasteiger partial charge < -0.3 is 10.5 Å². The van der Waals surface area contributed by atoms with Gasteiger partial charge in [-0.15, -0.1) is 0 Å². The standard InChI is InChI=1S/C13H9Cl3N2O2/c1-20-13(19)6-4-9(17)12(18-5-6)10-7(14)2-3-8(15)11(10)16/h2-5H,17H2,1H3. The Hall–Kier alpha value is -1.49. The average molecular weight is 332 g/mol. The molecular weight excluding hydrogens is 323 g/mol. The van der Waals surface area contributed by atoms with Crippen molar-refractivity contribution in [3.8, 4) is 11.3 Å². The third kappa shape index (κ3) is 2.68. The van der Waals surface area contributed by atoms with E-state index in [9.17, 15) is 4.79 Å². The molecule has 0 amide bonds. The van der Waals surface area contributed by atoms with Gasteiger partial charge in [-0.3, -0.25) is 4.98 Å². The van der Waals surface area contributed by atoms with Crippen LogP contribution in [-0.4, -0.2) is 18.1 Å². The summed E-state index contributed by atoms with van der Waals surface area (Å²) in [6.45, 7) is 0. The summed E-state index contributed by atoms with van der Waals surface area (Å²) in [5.41, 5.74) is 7.17. The second-order valence-electron chi connectivity index (χ2n) is 3.87. The number of esters is 1. The van der Waals surface area contributed by atoms with Crippen LogP contribution in [0.1, 0.15) is 10.4 Å². The van der Waals surface area contributed by atoms with Crippen LogP contribution in [0.15, 0.2) is 24.4 Å². The molecule has 2 rings (SSSR count). The molecule has 0 aliphatic rings. The number of nitrogen functional groups attached to an aromatic ring is 1. The van der Waals surface area contributed by atoms with E-state index in [4.69, 9.17) is 40.5 Å². The maximum atomic E-state index is 11.4. The molecule has 0 spiro atoms. The highest BCUT2D eigenvalue weighted by Crippen LogP contribution is 2.40. The quantitative estimate of drug-likeness (QED) is 0.665. The van der Waals surface area contributed by atoms with Gasteiger partial charge in [0.15, 0.2) is 0 Å². The van der Waals surface area contributed by atoms with E-state index in [0.717, 1.165) is 0 Å². The molecule has 0 saturated heterocycles. The highest BCUT2D eigenvalue weighted by atomic mass is 35.5. The molecule has 0 aliphatic carbocycles. The molecule has 0 radical (unpaired) electrons. The van der Waals surface area contributed by atoms with Crippen LogP contribution in [0, 0.1) is 0 Å². The van der Waals surface area contributed by atoms with Gasteiger partial charge in [-0.25, -0.2) is 4.79 Å². The topological polar surface area (TPSA) is 65.2 Å². The Labute approximate surface area is 130 Å². The molecule has 1 heterocycles. The van der Waals surface area contributed by atoms with Crippen molar-refractivity contribution in [2.45, 2.75) is 0 Å². The molecule has 7 heteroatoms. The van der Waals surface area contributed by atoms with Crippen molar-refractivity contribution in [1.82, 2.24) is 4.98 Å². The molecular formula is C13H9Cl3N2O2. The minimum Gasteiger partial charge on any atom is -0.465 e. The number of halogens is 3. The van der Waals surface area contributed by atoms with Crippen LogP contribution < -0.4 is 5.73 Å². The Morgan fingerprint density at radius 1 is 1.25 bits per heavy atom. The van der Waals surface area contributed by atoms with Gasteiger partial charge in [-0.05, 0) is 18.2 Å². The fourth-order valence-corrected chi connectivity index (χ4v) is 2.37. The van der Waals surface area contributed by atoms with Gasteiger partial charge in [-0.1, -0.05) is 34.8 Å². The molecule has 0 saturated carbocycles. The third-order valence-corrected chi connectivity index (χ3v) is 3.74.